The van der Waals surface area contributed by atoms with E-state index in [9.17, 15) is 39.2 Å². The van der Waals surface area contributed by atoms with Gasteiger partial charge in [-0.1, -0.05) is 36.4 Å². The normalized spacial score (nSPS) is 12.0. The molecule has 4 nitrogen and oxygen atoms in total. The van der Waals surface area contributed by atoms with Crippen LogP contribution < -0.4 is 9.47 Å². The second-order valence-corrected chi connectivity index (χ2v) is 11.0. The highest BCUT2D eigenvalue weighted by molar-refractivity contribution is 7.91. The Labute approximate surface area is 248 Å². The van der Waals surface area contributed by atoms with Gasteiger partial charge >= 0.3 is 30.4 Å². The Morgan fingerprint density at radius 3 is 1.13 bits per heavy atom. The van der Waals surface area contributed by atoms with Crippen LogP contribution in [0.2, 0.25) is 0 Å². The van der Waals surface area contributed by atoms with Crippen molar-refractivity contribution in [3.8, 4) is 11.5 Å². The molecule has 0 spiro atoms. The summed E-state index contributed by atoms with van der Waals surface area (Å²) in [6, 6.07) is 8.81. The van der Waals surface area contributed by atoms with Crippen LogP contribution in [0.15, 0.2) is 131 Å². The van der Waals surface area contributed by atoms with Gasteiger partial charge in [-0.05, 0) is 77.4 Å². The fourth-order valence-electron chi connectivity index (χ4n) is 4.45. The molecule has 0 fully saturated rings. The van der Waals surface area contributed by atoms with Crippen LogP contribution in [0.1, 0.15) is 16.7 Å². The minimum atomic E-state index is -5.26. The highest BCUT2D eigenvalue weighted by atomic mass is 32.2. The Morgan fingerprint density at radius 2 is 0.822 bits per heavy atom. The number of alkyl halides is 3. The molecule has 4 aromatic carbocycles. The summed E-state index contributed by atoms with van der Waals surface area (Å²) in [6.07, 6.45) is -10.9. The topological polar surface area (TPSA) is 52.6 Å². The van der Waals surface area contributed by atoms with Gasteiger partial charge in [0, 0.05) is 0 Å². The van der Waals surface area contributed by atoms with E-state index >= 15 is 13.2 Å². The number of benzene rings is 4. The summed E-state index contributed by atoms with van der Waals surface area (Å²) in [5, 5.41) is 0. The van der Waals surface area contributed by atoms with Crippen LogP contribution in [0.4, 0.5) is 43.9 Å². The largest absolute Gasteiger partial charge is 0.428 e. The Morgan fingerprint density at radius 1 is 0.511 bits per heavy atom. The van der Waals surface area contributed by atoms with Crippen LogP contribution in [-0.4, -0.2) is 14.6 Å². The lowest BCUT2D eigenvalue weighted by Crippen LogP contribution is -2.44. The SMILES string of the molecule is O=S(=O)(c1ccc(F)cc1)c1ccc(C(c2ccc(OC(F)=C(F)F)cc2)(c2ccc(OC(F)=C(F)F)cc2)C(F)(F)F)cc1. The summed E-state index contributed by atoms with van der Waals surface area (Å²) in [5.41, 5.74) is -4.97. The van der Waals surface area contributed by atoms with E-state index in [1.54, 1.807) is 0 Å². The molecule has 0 radical (unpaired) electrons. The van der Waals surface area contributed by atoms with E-state index < -0.39 is 84.5 Å². The number of ether oxygens (including phenoxy) is 2. The van der Waals surface area contributed by atoms with E-state index in [4.69, 9.17) is 0 Å². The molecule has 0 aromatic heterocycles. The predicted molar refractivity (Wildman–Crippen MR) is 139 cm³/mol. The lowest BCUT2D eigenvalue weighted by Gasteiger charge is -2.37. The number of hydrogen-bond acceptors (Lipinski definition) is 4. The van der Waals surface area contributed by atoms with Crippen molar-refractivity contribution in [1.29, 1.82) is 0 Å². The lowest BCUT2D eigenvalue weighted by molar-refractivity contribution is -0.166. The van der Waals surface area contributed by atoms with Crippen LogP contribution in [0.5, 0.6) is 11.5 Å². The first-order chi connectivity index (χ1) is 21.1. The molecule has 0 aliphatic rings. The summed E-state index contributed by atoms with van der Waals surface area (Å²) >= 11 is 0. The van der Waals surface area contributed by atoms with Crippen LogP contribution in [-0.2, 0) is 15.3 Å². The molecule has 0 atom stereocenters. The van der Waals surface area contributed by atoms with Gasteiger partial charge in [0.1, 0.15) is 22.7 Å². The molecule has 0 N–H and O–H groups in total. The molecule has 0 aliphatic heterocycles. The average molecular weight is 663 g/mol. The minimum absolute atomic E-state index is 0.345. The van der Waals surface area contributed by atoms with Crippen LogP contribution >= 0.6 is 0 Å². The number of rotatable bonds is 9. The summed E-state index contributed by atoms with van der Waals surface area (Å²) < 4.78 is 171. The third-order valence-corrected chi connectivity index (χ3v) is 8.22. The number of hydrogen-bond donors (Lipinski definition) is 0. The molecule has 0 bridgehead atoms. The molecule has 45 heavy (non-hydrogen) atoms. The summed E-state index contributed by atoms with van der Waals surface area (Å²) in [4.78, 5) is -0.797. The third kappa shape index (κ3) is 6.67. The van der Waals surface area contributed by atoms with Gasteiger partial charge in [0.15, 0.2) is 0 Å². The van der Waals surface area contributed by atoms with Gasteiger partial charge in [0.2, 0.25) is 9.84 Å². The molecule has 4 rings (SSSR count). The van der Waals surface area contributed by atoms with Gasteiger partial charge in [-0.15, -0.1) is 0 Å². The zero-order valence-electron chi connectivity index (χ0n) is 22.1. The Balaban J connectivity index is 1.91. The zero-order chi connectivity index (χ0) is 33.2. The summed E-state index contributed by atoms with van der Waals surface area (Å²) in [5.74, 6) is -1.92. The second kappa shape index (κ2) is 12.7. The van der Waals surface area contributed by atoms with Crippen molar-refractivity contribution in [2.75, 3.05) is 0 Å². The minimum Gasteiger partial charge on any atom is -0.428 e. The molecular weight excluding hydrogens is 646 g/mol. The Kier molecular flexibility index (Phi) is 9.32. The van der Waals surface area contributed by atoms with Gasteiger partial charge in [-0.2, -0.15) is 39.5 Å². The van der Waals surface area contributed by atoms with E-state index in [1.807, 2.05) is 0 Å². The number of sulfone groups is 1. The molecule has 15 heteroatoms. The molecule has 0 amide bonds. The van der Waals surface area contributed by atoms with E-state index in [2.05, 4.69) is 9.47 Å². The fraction of sp³-hybridized carbons (Fsp3) is 0.0667. The average Bonchev–Trinajstić information content (AvgIpc) is 2.99. The van der Waals surface area contributed by atoms with Gasteiger partial charge in [-0.25, -0.2) is 12.8 Å². The van der Waals surface area contributed by atoms with E-state index in [0.717, 1.165) is 97.1 Å². The quantitative estimate of drug-likeness (QED) is 0.0776. The monoisotopic (exact) mass is 662 g/mol. The van der Waals surface area contributed by atoms with Crippen molar-refractivity contribution in [2.45, 2.75) is 21.4 Å². The fourth-order valence-corrected chi connectivity index (χ4v) is 5.72. The van der Waals surface area contributed by atoms with Crippen molar-refractivity contribution in [3.05, 3.63) is 144 Å². The number of halogens is 10. The first-order valence-electron chi connectivity index (χ1n) is 12.2. The van der Waals surface area contributed by atoms with Crippen LogP contribution in [0.3, 0.4) is 0 Å². The summed E-state index contributed by atoms with van der Waals surface area (Å²) in [6.45, 7) is 0. The molecule has 0 saturated carbocycles. The predicted octanol–water partition coefficient (Wildman–Crippen LogP) is 9.38. The van der Waals surface area contributed by atoms with E-state index in [1.165, 1.54) is 0 Å². The van der Waals surface area contributed by atoms with Gasteiger partial charge in [-0.3, -0.25) is 0 Å². The van der Waals surface area contributed by atoms with Crippen molar-refractivity contribution in [1.82, 2.24) is 0 Å². The highest BCUT2D eigenvalue weighted by Crippen LogP contribution is 2.52. The highest BCUT2D eigenvalue weighted by Gasteiger charge is 2.58. The van der Waals surface area contributed by atoms with Crippen molar-refractivity contribution < 1.29 is 61.8 Å². The van der Waals surface area contributed by atoms with Gasteiger partial charge in [0.25, 0.3) is 0 Å². The molecule has 0 heterocycles. The smallest absolute Gasteiger partial charge is 0.406 e. The van der Waals surface area contributed by atoms with Crippen molar-refractivity contribution in [2.24, 2.45) is 0 Å². The zero-order valence-corrected chi connectivity index (χ0v) is 22.9. The van der Waals surface area contributed by atoms with Crippen LogP contribution in [0, 0.1) is 5.82 Å². The van der Waals surface area contributed by atoms with Gasteiger partial charge < -0.3 is 9.47 Å². The first kappa shape index (κ1) is 33.1. The van der Waals surface area contributed by atoms with E-state index in [0.29, 0.717) is 0 Å². The van der Waals surface area contributed by atoms with Crippen molar-refractivity contribution >= 4 is 9.84 Å². The lowest BCUT2D eigenvalue weighted by atomic mass is 9.68. The second-order valence-electron chi connectivity index (χ2n) is 9.05. The Bertz CT molecular complexity index is 1760. The third-order valence-electron chi connectivity index (χ3n) is 6.43. The first-order valence-corrected chi connectivity index (χ1v) is 13.7. The Hall–Kier alpha value is -4.79. The maximum absolute atomic E-state index is 15.4. The molecule has 0 aliphatic carbocycles. The summed E-state index contributed by atoms with van der Waals surface area (Å²) in [7, 11) is -4.31. The van der Waals surface area contributed by atoms with Gasteiger partial charge in [0.05, 0.1) is 9.79 Å². The van der Waals surface area contributed by atoms with E-state index in [-0.39, 0.29) is 4.90 Å². The maximum Gasteiger partial charge on any atom is 0.406 e. The van der Waals surface area contributed by atoms with Crippen molar-refractivity contribution in [3.63, 3.8) is 0 Å². The van der Waals surface area contributed by atoms with Crippen LogP contribution in [0.25, 0.3) is 0 Å². The molecule has 0 unspecified atom stereocenters. The molecule has 4 aromatic rings. The maximum atomic E-state index is 15.4. The molecule has 236 valence electrons. The standard InChI is InChI=1S/C30H16F10O4S/c31-20-7-15-24(16-8-20)45(41,42)23-13-5-19(6-14-23)29(30(38,39)40,17-1-9-21(10-2-17)43-27(36)25(32)33)18-3-11-22(12-4-18)44-28(37)26(34)35/h1-16H. The molecule has 0 saturated heterocycles. The molecular formula is C30H16F10O4S.